The summed E-state index contributed by atoms with van der Waals surface area (Å²) in [6.45, 7) is 3.75. The Balaban J connectivity index is 1.93. The average Bonchev–Trinajstić information content (AvgIpc) is 3.05. The van der Waals surface area contributed by atoms with Gasteiger partial charge in [-0.15, -0.1) is 11.3 Å². The number of carbonyl (C=O) groups excluding carboxylic acids is 1. The van der Waals surface area contributed by atoms with Crippen LogP contribution < -0.4 is 10.1 Å². The Hall–Kier alpha value is -2.29. The van der Waals surface area contributed by atoms with E-state index in [1.807, 2.05) is 24.4 Å². The molecule has 0 aliphatic carbocycles. The summed E-state index contributed by atoms with van der Waals surface area (Å²) < 4.78 is 22.6. The van der Waals surface area contributed by atoms with Gasteiger partial charge in [0.25, 0.3) is 5.91 Å². The third-order valence-electron chi connectivity index (χ3n) is 3.65. The lowest BCUT2D eigenvalue weighted by molar-refractivity contribution is -0.114. The van der Waals surface area contributed by atoms with Gasteiger partial charge in [-0.05, 0) is 61.2 Å². The molecule has 2 heterocycles. The lowest BCUT2D eigenvalue weighted by Crippen LogP contribution is -2.21. The number of amides is 1. The third kappa shape index (κ3) is 3.03. The number of aryl methyl sites for hydroxylation is 1. The van der Waals surface area contributed by atoms with Crippen molar-refractivity contribution in [3.63, 3.8) is 0 Å². The van der Waals surface area contributed by atoms with E-state index in [4.69, 9.17) is 5.14 Å². The van der Waals surface area contributed by atoms with Crippen molar-refractivity contribution in [2.24, 2.45) is 10.2 Å². The molecule has 0 unspecified atom stereocenters. The number of sulfonamides is 1. The zero-order valence-corrected chi connectivity index (χ0v) is 14.7. The highest BCUT2D eigenvalue weighted by Crippen LogP contribution is 2.27. The molecule has 1 aliphatic rings. The summed E-state index contributed by atoms with van der Waals surface area (Å²) in [5.74, 6) is -0.247. The highest BCUT2D eigenvalue weighted by molar-refractivity contribution is 7.89. The van der Waals surface area contributed by atoms with Gasteiger partial charge in [0.05, 0.1) is 21.9 Å². The zero-order chi connectivity index (χ0) is 17.5. The number of primary sulfonamides is 1. The number of carbonyl (C=O) groups is 1. The number of nitrogens with zero attached hydrogens (tertiary/aromatic N) is 2. The molecule has 2 N–H and O–H groups in total. The largest absolute Gasteiger partial charge is 0.280 e. The Labute approximate surface area is 144 Å². The summed E-state index contributed by atoms with van der Waals surface area (Å²) in [6.07, 6.45) is 1.83. The van der Waals surface area contributed by atoms with Gasteiger partial charge in [-0.3, -0.25) is 4.79 Å². The van der Waals surface area contributed by atoms with Gasteiger partial charge < -0.3 is 0 Å². The van der Waals surface area contributed by atoms with Crippen molar-refractivity contribution in [3.05, 3.63) is 51.7 Å². The Morgan fingerprint density at radius 3 is 2.38 bits per heavy atom. The molecule has 3 rings (SSSR count). The zero-order valence-electron chi connectivity index (χ0n) is 13.1. The van der Waals surface area contributed by atoms with Crippen molar-refractivity contribution in [1.82, 2.24) is 0 Å². The first-order valence-electron chi connectivity index (χ1n) is 7.06. The van der Waals surface area contributed by atoms with Crippen LogP contribution in [0.15, 0.2) is 51.3 Å². The molecule has 0 bridgehead atoms. The van der Waals surface area contributed by atoms with Gasteiger partial charge in [0.15, 0.2) is 0 Å². The van der Waals surface area contributed by atoms with Crippen LogP contribution in [0.1, 0.15) is 17.4 Å². The predicted octanol–water partition coefficient (Wildman–Crippen LogP) is 2.51. The summed E-state index contributed by atoms with van der Waals surface area (Å²) >= 11 is 1.56. The number of hydrogen-bond acceptors (Lipinski definition) is 5. The molecule has 1 amide bonds. The topological polar surface area (TPSA) is 92.8 Å². The second kappa shape index (κ2) is 5.97. The van der Waals surface area contributed by atoms with Gasteiger partial charge in [0, 0.05) is 4.88 Å². The molecule has 1 aromatic carbocycles. The smallest absolute Gasteiger partial charge is 0.267 e. The highest BCUT2D eigenvalue weighted by Gasteiger charge is 2.29. The second-order valence-corrected chi connectivity index (χ2v) is 7.88. The number of thiophene rings is 1. The van der Waals surface area contributed by atoms with E-state index in [2.05, 4.69) is 5.10 Å². The van der Waals surface area contributed by atoms with Gasteiger partial charge >= 0.3 is 0 Å². The Morgan fingerprint density at radius 2 is 1.83 bits per heavy atom. The maximum atomic E-state index is 12.6. The maximum absolute atomic E-state index is 12.6. The van der Waals surface area contributed by atoms with Crippen LogP contribution in [-0.4, -0.2) is 20.0 Å². The van der Waals surface area contributed by atoms with E-state index >= 15 is 0 Å². The monoisotopic (exact) mass is 361 g/mol. The fourth-order valence-electron chi connectivity index (χ4n) is 2.30. The summed E-state index contributed by atoms with van der Waals surface area (Å²) in [7, 11) is -3.77. The number of hydrazone groups is 1. The Morgan fingerprint density at radius 1 is 1.17 bits per heavy atom. The SMILES string of the molecule is CC1=NN(c2ccc(S(N)(=O)=O)cc2)C(=O)/C1=C\c1sccc1C. The van der Waals surface area contributed by atoms with E-state index in [9.17, 15) is 13.2 Å². The second-order valence-electron chi connectivity index (χ2n) is 5.37. The van der Waals surface area contributed by atoms with E-state index in [-0.39, 0.29) is 10.8 Å². The molecular weight excluding hydrogens is 346 g/mol. The van der Waals surface area contributed by atoms with E-state index in [0.29, 0.717) is 17.0 Å². The molecule has 2 aromatic rings. The van der Waals surface area contributed by atoms with Crippen molar-refractivity contribution >= 4 is 44.7 Å². The third-order valence-corrected chi connectivity index (χ3v) is 5.54. The van der Waals surface area contributed by atoms with Crippen LogP contribution >= 0.6 is 11.3 Å². The minimum Gasteiger partial charge on any atom is -0.267 e. The van der Waals surface area contributed by atoms with Crippen LogP contribution in [0, 0.1) is 6.92 Å². The van der Waals surface area contributed by atoms with E-state index in [1.54, 1.807) is 18.3 Å². The molecule has 0 saturated carbocycles. The van der Waals surface area contributed by atoms with Crippen molar-refractivity contribution in [2.75, 3.05) is 5.01 Å². The summed E-state index contributed by atoms with van der Waals surface area (Å²) in [5.41, 5.74) is 2.72. The molecule has 1 aliphatic heterocycles. The molecule has 1 aromatic heterocycles. The van der Waals surface area contributed by atoms with Crippen LogP contribution in [0.25, 0.3) is 6.08 Å². The number of benzene rings is 1. The summed E-state index contributed by atoms with van der Waals surface area (Å²) in [5, 5.41) is 12.6. The molecule has 0 saturated heterocycles. The summed E-state index contributed by atoms with van der Waals surface area (Å²) in [4.78, 5) is 13.6. The predicted molar refractivity (Wildman–Crippen MR) is 95.4 cm³/mol. The number of rotatable bonds is 3. The quantitative estimate of drug-likeness (QED) is 0.851. The molecule has 8 heteroatoms. The van der Waals surface area contributed by atoms with Crippen LogP contribution in [0.3, 0.4) is 0 Å². The van der Waals surface area contributed by atoms with Gasteiger partial charge in [0.1, 0.15) is 0 Å². The lowest BCUT2D eigenvalue weighted by atomic mass is 10.1. The minimum atomic E-state index is -3.77. The van der Waals surface area contributed by atoms with E-state index < -0.39 is 10.0 Å². The number of nitrogens with two attached hydrogens (primary N) is 1. The van der Waals surface area contributed by atoms with Crippen LogP contribution in [-0.2, 0) is 14.8 Å². The van der Waals surface area contributed by atoms with E-state index in [1.165, 1.54) is 29.3 Å². The molecule has 0 radical (unpaired) electrons. The number of anilines is 1. The van der Waals surface area contributed by atoms with Gasteiger partial charge in [-0.25, -0.2) is 13.6 Å². The molecule has 6 nitrogen and oxygen atoms in total. The molecular formula is C16H15N3O3S2. The van der Waals surface area contributed by atoms with Crippen molar-refractivity contribution in [3.8, 4) is 0 Å². The Bertz CT molecular complexity index is 970. The van der Waals surface area contributed by atoms with Crippen molar-refractivity contribution < 1.29 is 13.2 Å². The molecule has 124 valence electrons. The lowest BCUT2D eigenvalue weighted by Gasteiger charge is -2.12. The molecule has 0 fully saturated rings. The number of hydrogen-bond donors (Lipinski definition) is 1. The van der Waals surface area contributed by atoms with Crippen LogP contribution in [0.5, 0.6) is 0 Å². The Kier molecular flexibility index (Phi) is 4.12. The van der Waals surface area contributed by atoms with Crippen LogP contribution in [0.2, 0.25) is 0 Å². The highest BCUT2D eigenvalue weighted by atomic mass is 32.2. The van der Waals surface area contributed by atoms with Crippen LogP contribution in [0.4, 0.5) is 5.69 Å². The van der Waals surface area contributed by atoms with Gasteiger partial charge in [-0.1, -0.05) is 0 Å². The fourth-order valence-corrected chi connectivity index (χ4v) is 3.67. The first-order valence-corrected chi connectivity index (χ1v) is 9.48. The molecule has 0 atom stereocenters. The normalized spacial score (nSPS) is 16.8. The standard InChI is InChI=1S/C16H15N3O3S2/c1-10-7-8-23-15(10)9-14-11(2)18-19(16(14)20)12-3-5-13(6-4-12)24(17,21)22/h3-9H,1-2H3,(H2,17,21,22)/b14-9-. The summed E-state index contributed by atoms with van der Waals surface area (Å²) in [6, 6.07) is 7.72. The first-order chi connectivity index (χ1) is 11.3. The molecule has 0 spiro atoms. The minimum absolute atomic E-state index is 0.0106. The average molecular weight is 361 g/mol. The van der Waals surface area contributed by atoms with Gasteiger partial charge in [0.2, 0.25) is 10.0 Å². The van der Waals surface area contributed by atoms with Crippen molar-refractivity contribution in [1.29, 1.82) is 0 Å². The maximum Gasteiger partial charge on any atom is 0.280 e. The molecule has 24 heavy (non-hydrogen) atoms. The fraction of sp³-hybridized carbons (Fsp3) is 0.125. The first kappa shape index (κ1) is 16.6. The van der Waals surface area contributed by atoms with Gasteiger partial charge in [-0.2, -0.15) is 10.1 Å². The van der Waals surface area contributed by atoms with E-state index in [0.717, 1.165) is 10.4 Å². The van der Waals surface area contributed by atoms with Crippen molar-refractivity contribution in [2.45, 2.75) is 18.7 Å².